The maximum atomic E-state index is 13.4. The highest BCUT2D eigenvalue weighted by Gasteiger charge is 2.13. The van der Waals surface area contributed by atoms with Crippen molar-refractivity contribution in [1.82, 2.24) is 10.2 Å². The molecule has 2 aromatic rings. The maximum absolute atomic E-state index is 13.4. The van der Waals surface area contributed by atoms with Crippen molar-refractivity contribution >= 4 is 39.7 Å². The molecule has 5 nitrogen and oxygen atoms in total. The largest absolute Gasteiger partial charge is 0.374 e. The molecule has 0 aliphatic heterocycles. The molecule has 1 aromatic carbocycles. The predicted molar refractivity (Wildman–Crippen MR) is 63.7 cm³/mol. The molecular weight excluding hydrogens is 267 g/mol. The highest BCUT2D eigenvalue weighted by Crippen LogP contribution is 2.20. The average molecular weight is 273 g/mol. The molecule has 0 radical (unpaired) electrons. The summed E-state index contributed by atoms with van der Waals surface area (Å²) in [5.74, 6) is -1.19. The van der Waals surface area contributed by atoms with E-state index in [1.165, 1.54) is 12.1 Å². The van der Waals surface area contributed by atoms with Crippen LogP contribution in [0.3, 0.4) is 0 Å². The summed E-state index contributed by atoms with van der Waals surface area (Å²) in [6, 6.07) is 3.93. The first-order valence-corrected chi connectivity index (χ1v) is 5.61. The maximum Gasteiger partial charge on any atom is 0.286 e. The standard InChI is InChI=1S/C9H6ClFN4OS/c10-4-1-2-6(5(11)3-4)13-7(16)8-14-15-9(12)17-8/h1-3H,(H2,12,15)(H,13,16). The van der Waals surface area contributed by atoms with Crippen molar-refractivity contribution in [1.29, 1.82) is 0 Å². The quantitative estimate of drug-likeness (QED) is 0.878. The zero-order valence-corrected chi connectivity index (χ0v) is 9.85. The fourth-order valence-electron chi connectivity index (χ4n) is 1.09. The predicted octanol–water partition coefficient (Wildman–Crippen LogP) is 2.17. The lowest BCUT2D eigenvalue weighted by Crippen LogP contribution is -2.12. The topological polar surface area (TPSA) is 80.9 Å². The van der Waals surface area contributed by atoms with E-state index < -0.39 is 11.7 Å². The van der Waals surface area contributed by atoms with Crippen LogP contribution in [0.5, 0.6) is 0 Å². The van der Waals surface area contributed by atoms with Gasteiger partial charge in [-0.3, -0.25) is 4.79 Å². The Balaban J connectivity index is 2.18. The summed E-state index contributed by atoms with van der Waals surface area (Å²) in [7, 11) is 0. The van der Waals surface area contributed by atoms with Crippen LogP contribution in [-0.2, 0) is 0 Å². The molecule has 3 N–H and O–H groups in total. The third-order valence-electron chi connectivity index (χ3n) is 1.81. The monoisotopic (exact) mass is 272 g/mol. The third kappa shape index (κ3) is 2.69. The van der Waals surface area contributed by atoms with Gasteiger partial charge in [0.05, 0.1) is 5.69 Å². The lowest BCUT2D eigenvalue weighted by atomic mass is 10.3. The second-order valence-corrected chi connectivity index (χ2v) is 4.47. The molecule has 0 aliphatic carbocycles. The second-order valence-electron chi connectivity index (χ2n) is 3.02. The molecule has 2 rings (SSSR count). The fraction of sp³-hybridized carbons (Fsp3) is 0. The number of rotatable bonds is 2. The summed E-state index contributed by atoms with van der Waals surface area (Å²) in [5, 5.41) is 9.87. The highest BCUT2D eigenvalue weighted by molar-refractivity contribution is 7.16. The minimum absolute atomic E-state index is 0.0215. The molecule has 0 saturated carbocycles. The molecule has 0 aliphatic rings. The van der Waals surface area contributed by atoms with Crippen LogP contribution in [0.1, 0.15) is 9.80 Å². The number of anilines is 2. The summed E-state index contributed by atoms with van der Waals surface area (Å²) in [5.41, 5.74) is 5.35. The number of amides is 1. The van der Waals surface area contributed by atoms with E-state index in [4.69, 9.17) is 17.3 Å². The Morgan fingerprint density at radius 2 is 2.24 bits per heavy atom. The van der Waals surface area contributed by atoms with Gasteiger partial charge < -0.3 is 11.1 Å². The van der Waals surface area contributed by atoms with Gasteiger partial charge in [0.15, 0.2) is 0 Å². The number of hydrogen-bond acceptors (Lipinski definition) is 5. The summed E-state index contributed by atoms with van der Waals surface area (Å²) in [6.07, 6.45) is 0. The van der Waals surface area contributed by atoms with Gasteiger partial charge in [-0.25, -0.2) is 4.39 Å². The molecule has 88 valence electrons. The van der Waals surface area contributed by atoms with Crippen molar-refractivity contribution in [3.63, 3.8) is 0 Å². The van der Waals surface area contributed by atoms with Crippen LogP contribution in [-0.4, -0.2) is 16.1 Å². The Morgan fingerprint density at radius 1 is 1.47 bits per heavy atom. The van der Waals surface area contributed by atoms with E-state index in [0.29, 0.717) is 0 Å². The fourth-order valence-corrected chi connectivity index (χ4v) is 1.76. The van der Waals surface area contributed by atoms with Crippen LogP contribution in [0.25, 0.3) is 0 Å². The molecule has 8 heteroatoms. The van der Waals surface area contributed by atoms with Crippen molar-refractivity contribution in [3.05, 3.63) is 34.0 Å². The van der Waals surface area contributed by atoms with Gasteiger partial charge in [0, 0.05) is 5.02 Å². The van der Waals surface area contributed by atoms with E-state index >= 15 is 0 Å². The zero-order valence-electron chi connectivity index (χ0n) is 8.28. The van der Waals surface area contributed by atoms with Crippen molar-refractivity contribution in [2.24, 2.45) is 0 Å². The lowest BCUT2D eigenvalue weighted by molar-refractivity contribution is 0.102. The van der Waals surface area contributed by atoms with Gasteiger partial charge in [-0.1, -0.05) is 22.9 Å². The first-order chi connectivity index (χ1) is 8.06. The van der Waals surface area contributed by atoms with Crippen molar-refractivity contribution < 1.29 is 9.18 Å². The van der Waals surface area contributed by atoms with Crippen molar-refractivity contribution in [3.8, 4) is 0 Å². The van der Waals surface area contributed by atoms with E-state index in [2.05, 4.69) is 15.5 Å². The van der Waals surface area contributed by atoms with Gasteiger partial charge in [-0.2, -0.15) is 0 Å². The van der Waals surface area contributed by atoms with Crippen molar-refractivity contribution in [2.75, 3.05) is 11.1 Å². The van der Waals surface area contributed by atoms with E-state index in [0.717, 1.165) is 17.4 Å². The number of benzene rings is 1. The summed E-state index contributed by atoms with van der Waals surface area (Å²) >= 11 is 6.50. The molecular formula is C9H6ClFN4OS. The van der Waals surface area contributed by atoms with Crippen LogP contribution in [0.2, 0.25) is 5.02 Å². The molecule has 0 unspecified atom stereocenters. The van der Waals surface area contributed by atoms with E-state index in [1.807, 2.05) is 0 Å². The molecule has 17 heavy (non-hydrogen) atoms. The van der Waals surface area contributed by atoms with Crippen LogP contribution >= 0.6 is 22.9 Å². The van der Waals surface area contributed by atoms with Gasteiger partial charge in [-0.05, 0) is 18.2 Å². The molecule has 1 aromatic heterocycles. The number of halogens is 2. The Hall–Kier alpha value is -1.73. The smallest absolute Gasteiger partial charge is 0.286 e. The second kappa shape index (κ2) is 4.64. The molecule has 0 atom stereocenters. The number of nitrogens with one attached hydrogen (secondary N) is 1. The molecule has 0 bridgehead atoms. The first kappa shape index (κ1) is 11.7. The van der Waals surface area contributed by atoms with E-state index in [9.17, 15) is 9.18 Å². The van der Waals surface area contributed by atoms with E-state index in [-0.39, 0.29) is 20.8 Å². The van der Waals surface area contributed by atoms with Gasteiger partial charge in [0.2, 0.25) is 10.1 Å². The minimum Gasteiger partial charge on any atom is -0.374 e. The van der Waals surface area contributed by atoms with Gasteiger partial charge in [-0.15, -0.1) is 10.2 Å². The van der Waals surface area contributed by atoms with Crippen molar-refractivity contribution in [2.45, 2.75) is 0 Å². The van der Waals surface area contributed by atoms with Gasteiger partial charge in [0.25, 0.3) is 5.91 Å². The Morgan fingerprint density at radius 3 is 2.82 bits per heavy atom. The van der Waals surface area contributed by atoms with Crippen LogP contribution < -0.4 is 11.1 Å². The molecule has 0 fully saturated rings. The Labute approximate surface area is 104 Å². The number of carbonyl (C=O) groups is 1. The molecule has 0 saturated heterocycles. The van der Waals surface area contributed by atoms with Gasteiger partial charge >= 0.3 is 0 Å². The Bertz CT molecular complexity index is 574. The minimum atomic E-state index is -0.622. The number of carbonyl (C=O) groups excluding carboxylic acids is 1. The SMILES string of the molecule is Nc1nnc(C(=O)Nc2ccc(Cl)cc2F)s1. The number of nitrogen functional groups attached to an aromatic ring is 1. The molecule has 1 heterocycles. The van der Waals surface area contributed by atoms with Crippen LogP contribution in [0, 0.1) is 5.82 Å². The highest BCUT2D eigenvalue weighted by atomic mass is 35.5. The normalized spacial score (nSPS) is 10.2. The first-order valence-electron chi connectivity index (χ1n) is 4.41. The number of nitrogens with two attached hydrogens (primary N) is 1. The number of hydrogen-bond donors (Lipinski definition) is 2. The van der Waals surface area contributed by atoms with Gasteiger partial charge in [0.1, 0.15) is 5.82 Å². The third-order valence-corrected chi connectivity index (χ3v) is 2.80. The molecule has 1 amide bonds. The van der Waals surface area contributed by atoms with Crippen LogP contribution in [0.4, 0.5) is 15.2 Å². The van der Waals surface area contributed by atoms with Crippen LogP contribution in [0.15, 0.2) is 18.2 Å². The number of aromatic nitrogens is 2. The zero-order chi connectivity index (χ0) is 12.4. The summed E-state index contributed by atoms with van der Waals surface area (Å²) in [6.45, 7) is 0. The summed E-state index contributed by atoms with van der Waals surface area (Å²) < 4.78 is 13.4. The molecule has 0 spiro atoms. The Kier molecular flexibility index (Phi) is 3.21. The lowest BCUT2D eigenvalue weighted by Gasteiger charge is -2.03. The number of nitrogens with zero attached hydrogens (tertiary/aromatic N) is 2. The average Bonchev–Trinajstić information content (AvgIpc) is 2.69. The van der Waals surface area contributed by atoms with E-state index in [1.54, 1.807) is 0 Å². The summed E-state index contributed by atoms with van der Waals surface area (Å²) in [4.78, 5) is 11.6.